The van der Waals surface area contributed by atoms with Gasteiger partial charge in [0.25, 0.3) is 5.88 Å². The fraction of sp³-hybridized carbons (Fsp3) is 0.667. The van der Waals surface area contributed by atoms with Gasteiger partial charge >= 0.3 is 0 Å². The second-order valence-corrected chi connectivity index (χ2v) is 9.27. The Morgan fingerprint density at radius 1 is 1.26 bits per heavy atom. The molecule has 1 saturated heterocycles. The molecule has 2 bridgehead atoms. The Morgan fingerprint density at radius 3 is 2.84 bits per heavy atom. The van der Waals surface area contributed by atoms with E-state index in [1.54, 1.807) is 10.9 Å². The number of alkyl halides is 1. The number of nitrogens with zero attached hydrogens (tertiary/aromatic N) is 5. The summed E-state index contributed by atoms with van der Waals surface area (Å²) in [6, 6.07) is 0.367. The number of nitrogens with one attached hydrogen (secondary N) is 2. The molecule has 2 aromatic heterocycles. The molecule has 0 aromatic carbocycles. The molecular formula is C21H29ClFN7O. The van der Waals surface area contributed by atoms with E-state index in [4.69, 9.17) is 16.3 Å². The van der Waals surface area contributed by atoms with Crippen LogP contribution in [0.4, 0.5) is 21.8 Å². The van der Waals surface area contributed by atoms with E-state index in [0.29, 0.717) is 47.5 Å². The van der Waals surface area contributed by atoms with Crippen LogP contribution < -0.4 is 15.4 Å². The van der Waals surface area contributed by atoms with Gasteiger partial charge in [0, 0.05) is 31.6 Å². The van der Waals surface area contributed by atoms with Gasteiger partial charge in [0.15, 0.2) is 5.82 Å². The second-order valence-electron chi connectivity index (χ2n) is 8.86. The van der Waals surface area contributed by atoms with Crippen LogP contribution >= 0.6 is 11.6 Å². The molecule has 31 heavy (non-hydrogen) atoms. The normalized spacial score (nSPS) is 27.2. The number of anilines is 3. The zero-order chi connectivity index (χ0) is 21.5. The summed E-state index contributed by atoms with van der Waals surface area (Å²) in [7, 11) is 0. The van der Waals surface area contributed by atoms with Crippen LogP contribution in [0.15, 0.2) is 6.20 Å². The highest BCUT2D eigenvalue weighted by Crippen LogP contribution is 2.37. The van der Waals surface area contributed by atoms with E-state index in [1.807, 2.05) is 13.8 Å². The molecule has 0 radical (unpaired) electrons. The first-order valence-corrected chi connectivity index (χ1v) is 11.5. The molecule has 2 aromatic rings. The van der Waals surface area contributed by atoms with Crippen LogP contribution in [0, 0.1) is 6.92 Å². The molecule has 1 saturated carbocycles. The molecule has 2 N–H and O–H groups in total. The Morgan fingerprint density at radius 2 is 2.10 bits per heavy atom. The van der Waals surface area contributed by atoms with Crippen LogP contribution in [0.5, 0.6) is 5.88 Å². The summed E-state index contributed by atoms with van der Waals surface area (Å²) in [5, 5.41) is 11.7. The van der Waals surface area contributed by atoms with Gasteiger partial charge in [-0.2, -0.15) is 4.98 Å². The van der Waals surface area contributed by atoms with Crippen molar-refractivity contribution < 1.29 is 9.13 Å². The Labute approximate surface area is 186 Å². The first-order valence-electron chi connectivity index (χ1n) is 11.2. The number of rotatable bonds is 2. The molecule has 8 nitrogen and oxygen atoms in total. The van der Waals surface area contributed by atoms with Crippen molar-refractivity contribution in [1.82, 2.24) is 24.6 Å². The highest BCUT2D eigenvalue weighted by atomic mass is 35.5. The van der Waals surface area contributed by atoms with Crippen molar-refractivity contribution in [2.75, 3.05) is 30.3 Å². The van der Waals surface area contributed by atoms with Gasteiger partial charge in [-0.15, -0.1) is 5.10 Å². The molecule has 2 aliphatic heterocycles. The van der Waals surface area contributed by atoms with Gasteiger partial charge in [0.1, 0.15) is 16.9 Å². The molecular weight excluding hydrogens is 421 g/mol. The molecule has 2 fully saturated rings. The third-order valence-electron chi connectivity index (χ3n) is 6.72. The monoisotopic (exact) mass is 449 g/mol. The maximum atomic E-state index is 15.3. The van der Waals surface area contributed by atoms with E-state index in [1.165, 1.54) is 19.3 Å². The molecule has 4 heterocycles. The first kappa shape index (κ1) is 20.8. The number of ether oxygens (including phenoxy) is 1. The quantitative estimate of drug-likeness (QED) is 0.714. The number of likely N-dealkylation sites (tertiary alicyclic amines) is 1. The number of halogens is 2. The average molecular weight is 450 g/mol. The smallest absolute Gasteiger partial charge is 0.257 e. The zero-order valence-electron chi connectivity index (χ0n) is 17.9. The SMILES string of the molecule is Cc1c2c(nn1C1CCN(C3CCC3)CC1F)OCCC(C)Nc1nc(ncc1Cl)N2. The Bertz CT molecular complexity index is 950. The van der Waals surface area contributed by atoms with Crippen molar-refractivity contribution in [2.45, 2.75) is 70.2 Å². The molecule has 10 heteroatoms. The maximum Gasteiger partial charge on any atom is 0.257 e. The third kappa shape index (κ3) is 4.05. The van der Waals surface area contributed by atoms with Crippen molar-refractivity contribution in [1.29, 1.82) is 0 Å². The Kier molecular flexibility index (Phi) is 5.64. The predicted octanol–water partition coefficient (Wildman–Crippen LogP) is 4.10. The number of hydrogen-bond acceptors (Lipinski definition) is 7. The number of aromatic nitrogens is 4. The molecule has 3 aliphatic rings. The molecule has 168 valence electrons. The van der Waals surface area contributed by atoms with E-state index < -0.39 is 6.17 Å². The van der Waals surface area contributed by atoms with Crippen LogP contribution in [-0.2, 0) is 0 Å². The van der Waals surface area contributed by atoms with E-state index in [0.717, 1.165) is 25.1 Å². The lowest BCUT2D eigenvalue weighted by atomic mass is 9.89. The van der Waals surface area contributed by atoms with Crippen molar-refractivity contribution in [2.24, 2.45) is 0 Å². The van der Waals surface area contributed by atoms with Gasteiger partial charge in [-0.25, -0.2) is 9.37 Å². The molecule has 3 atom stereocenters. The summed E-state index contributed by atoms with van der Waals surface area (Å²) < 4.78 is 23.1. The number of hydrogen-bond donors (Lipinski definition) is 2. The van der Waals surface area contributed by atoms with Crippen molar-refractivity contribution >= 4 is 29.1 Å². The summed E-state index contributed by atoms with van der Waals surface area (Å²) in [5.41, 5.74) is 1.50. The van der Waals surface area contributed by atoms with Crippen LogP contribution in [0.25, 0.3) is 0 Å². The maximum absolute atomic E-state index is 15.3. The van der Waals surface area contributed by atoms with Crippen molar-refractivity contribution in [3.8, 4) is 5.88 Å². The van der Waals surface area contributed by atoms with Gasteiger partial charge in [-0.1, -0.05) is 18.0 Å². The lowest BCUT2D eigenvalue weighted by molar-refractivity contribution is 0.0292. The minimum Gasteiger partial charge on any atom is -0.475 e. The van der Waals surface area contributed by atoms with Gasteiger partial charge in [-0.05, 0) is 33.1 Å². The lowest BCUT2D eigenvalue weighted by Gasteiger charge is -2.43. The Hall–Kier alpha value is -2.13. The van der Waals surface area contributed by atoms with Crippen molar-refractivity contribution in [3.63, 3.8) is 0 Å². The average Bonchev–Trinajstić information content (AvgIpc) is 2.97. The molecule has 3 unspecified atom stereocenters. The Balaban J connectivity index is 1.43. The number of fused-ring (bicyclic) bond motifs is 3. The summed E-state index contributed by atoms with van der Waals surface area (Å²) in [6.45, 7) is 5.83. The number of piperidine rings is 1. The van der Waals surface area contributed by atoms with Crippen LogP contribution in [0.3, 0.4) is 0 Å². The highest BCUT2D eigenvalue weighted by molar-refractivity contribution is 6.32. The fourth-order valence-corrected chi connectivity index (χ4v) is 4.76. The summed E-state index contributed by atoms with van der Waals surface area (Å²) in [5.74, 6) is 1.43. The summed E-state index contributed by atoms with van der Waals surface area (Å²) in [6.07, 6.45) is 5.74. The predicted molar refractivity (Wildman–Crippen MR) is 118 cm³/mol. The minimum atomic E-state index is -0.963. The van der Waals surface area contributed by atoms with Crippen LogP contribution in [0.2, 0.25) is 5.02 Å². The van der Waals surface area contributed by atoms with E-state index in [2.05, 4.69) is 30.6 Å². The summed E-state index contributed by atoms with van der Waals surface area (Å²) >= 11 is 6.25. The topological polar surface area (TPSA) is 80.1 Å². The van der Waals surface area contributed by atoms with Gasteiger partial charge < -0.3 is 15.4 Å². The van der Waals surface area contributed by atoms with Crippen molar-refractivity contribution in [3.05, 3.63) is 16.9 Å². The first-order chi connectivity index (χ1) is 15.0. The van der Waals surface area contributed by atoms with Gasteiger partial charge in [-0.3, -0.25) is 9.58 Å². The molecule has 0 spiro atoms. The van der Waals surface area contributed by atoms with Crippen LogP contribution in [-0.4, -0.2) is 62.6 Å². The molecule has 1 aliphatic carbocycles. The highest BCUT2D eigenvalue weighted by Gasteiger charge is 2.37. The fourth-order valence-electron chi connectivity index (χ4n) is 4.61. The largest absolute Gasteiger partial charge is 0.475 e. The van der Waals surface area contributed by atoms with Gasteiger partial charge in [0.2, 0.25) is 5.95 Å². The third-order valence-corrected chi connectivity index (χ3v) is 6.99. The van der Waals surface area contributed by atoms with E-state index in [9.17, 15) is 0 Å². The molecule has 5 rings (SSSR count). The van der Waals surface area contributed by atoms with Crippen LogP contribution in [0.1, 0.15) is 50.8 Å². The second kappa shape index (κ2) is 8.43. The van der Waals surface area contributed by atoms with E-state index in [-0.39, 0.29) is 12.1 Å². The molecule has 0 amide bonds. The lowest BCUT2D eigenvalue weighted by Crippen LogP contribution is -2.50. The van der Waals surface area contributed by atoms with Gasteiger partial charge in [0.05, 0.1) is 24.5 Å². The van der Waals surface area contributed by atoms with E-state index >= 15 is 4.39 Å². The standard InChI is InChI=1S/C21H29ClFN7O/c1-12-7-9-31-20-18(26-21-24-10-15(22)19(25-12)27-21)13(2)30(28-20)17-6-8-29(11-16(17)23)14-4-3-5-14/h10,12,14,16-17H,3-9,11H2,1-2H3,(H2,24,25,26,27). The summed E-state index contributed by atoms with van der Waals surface area (Å²) in [4.78, 5) is 11.1. The zero-order valence-corrected chi connectivity index (χ0v) is 18.7. The minimum absolute atomic E-state index is 0.107.